The molecule has 106 valence electrons. The molecule has 1 amide bonds. The number of carbonyl (C=O) groups is 1. The number of rotatable bonds is 4. The zero-order valence-electron chi connectivity index (χ0n) is 11.9. The Kier molecular flexibility index (Phi) is 3.69. The maximum Gasteiger partial charge on any atom is 0.242 e. The predicted molar refractivity (Wildman–Crippen MR) is 82.7 cm³/mol. The van der Waals surface area contributed by atoms with Crippen LogP contribution in [0, 0.1) is 0 Å². The Balaban J connectivity index is 1.69. The van der Waals surface area contributed by atoms with Crippen LogP contribution in [-0.4, -0.2) is 15.7 Å². The molecule has 0 radical (unpaired) electrons. The number of fused-ring (bicyclic) bond motifs is 1. The molecule has 0 fully saturated rings. The maximum atomic E-state index is 12.2. The first-order valence-corrected chi connectivity index (χ1v) is 6.99. The summed E-state index contributed by atoms with van der Waals surface area (Å²) in [5.74, 6) is -0.0415. The molecule has 0 saturated carbocycles. The summed E-state index contributed by atoms with van der Waals surface area (Å²) in [5.41, 5.74) is 2.07. The second-order valence-corrected chi connectivity index (χ2v) is 5.06. The van der Waals surface area contributed by atoms with Crippen molar-refractivity contribution in [3.05, 3.63) is 66.4 Å². The van der Waals surface area contributed by atoms with Crippen molar-refractivity contribution < 1.29 is 4.79 Å². The van der Waals surface area contributed by atoms with Crippen LogP contribution in [0.15, 0.2) is 60.8 Å². The predicted octanol–water partition coefficient (Wildman–Crippen LogP) is 2.91. The molecule has 0 saturated heterocycles. The molecule has 4 heteroatoms. The first-order chi connectivity index (χ1) is 10.2. The van der Waals surface area contributed by atoms with Gasteiger partial charge in [0.15, 0.2) is 0 Å². The molecule has 3 rings (SSSR count). The highest BCUT2D eigenvalue weighted by atomic mass is 16.2. The number of nitrogens with one attached hydrogen (secondary N) is 1. The number of hydrogen-bond donors (Lipinski definition) is 1. The van der Waals surface area contributed by atoms with Gasteiger partial charge in [0.25, 0.3) is 0 Å². The first kappa shape index (κ1) is 13.4. The smallest absolute Gasteiger partial charge is 0.242 e. The summed E-state index contributed by atoms with van der Waals surface area (Å²) >= 11 is 0. The third-order valence-electron chi connectivity index (χ3n) is 3.52. The molecule has 1 unspecified atom stereocenters. The van der Waals surface area contributed by atoms with Crippen molar-refractivity contribution >= 4 is 16.8 Å². The van der Waals surface area contributed by atoms with E-state index in [1.165, 1.54) is 0 Å². The highest BCUT2D eigenvalue weighted by Crippen LogP contribution is 2.13. The van der Waals surface area contributed by atoms with E-state index in [9.17, 15) is 4.79 Å². The monoisotopic (exact) mass is 279 g/mol. The third-order valence-corrected chi connectivity index (χ3v) is 3.52. The van der Waals surface area contributed by atoms with Crippen molar-refractivity contribution in [2.45, 2.75) is 19.5 Å². The van der Waals surface area contributed by atoms with Crippen molar-refractivity contribution in [1.29, 1.82) is 0 Å². The van der Waals surface area contributed by atoms with Gasteiger partial charge < -0.3 is 5.32 Å². The maximum absolute atomic E-state index is 12.2. The van der Waals surface area contributed by atoms with Crippen LogP contribution in [0.5, 0.6) is 0 Å². The lowest BCUT2D eigenvalue weighted by Crippen LogP contribution is -2.30. The van der Waals surface area contributed by atoms with E-state index in [4.69, 9.17) is 0 Å². The first-order valence-electron chi connectivity index (χ1n) is 6.99. The van der Waals surface area contributed by atoms with E-state index in [1.54, 1.807) is 10.9 Å². The number of aromatic nitrogens is 2. The fourth-order valence-electron chi connectivity index (χ4n) is 2.40. The summed E-state index contributed by atoms with van der Waals surface area (Å²) < 4.78 is 1.72. The van der Waals surface area contributed by atoms with Crippen molar-refractivity contribution in [2.24, 2.45) is 0 Å². The van der Waals surface area contributed by atoms with Gasteiger partial charge in [0.1, 0.15) is 6.54 Å². The van der Waals surface area contributed by atoms with Crippen molar-refractivity contribution in [2.75, 3.05) is 0 Å². The quantitative estimate of drug-likeness (QED) is 0.798. The molecule has 0 spiro atoms. The minimum absolute atomic E-state index is 0.0134. The summed E-state index contributed by atoms with van der Waals surface area (Å²) in [7, 11) is 0. The fraction of sp³-hybridized carbons (Fsp3) is 0.176. The van der Waals surface area contributed by atoms with E-state index < -0.39 is 0 Å². The van der Waals surface area contributed by atoms with Gasteiger partial charge >= 0.3 is 0 Å². The molecule has 1 aromatic heterocycles. The van der Waals surface area contributed by atoms with Gasteiger partial charge in [0.2, 0.25) is 5.91 Å². The van der Waals surface area contributed by atoms with Crippen LogP contribution in [0.3, 0.4) is 0 Å². The molecule has 4 nitrogen and oxygen atoms in total. The number of hydrogen-bond acceptors (Lipinski definition) is 2. The summed E-state index contributed by atoms with van der Waals surface area (Å²) in [6.45, 7) is 2.21. The van der Waals surface area contributed by atoms with Gasteiger partial charge in [0, 0.05) is 5.39 Å². The SMILES string of the molecule is CC(NC(=O)Cn1ncc2ccccc21)c1ccccc1. The lowest BCUT2D eigenvalue weighted by Gasteiger charge is -2.14. The Bertz CT molecular complexity index is 749. The molecule has 0 aliphatic rings. The lowest BCUT2D eigenvalue weighted by molar-refractivity contribution is -0.122. The van der Waals surface area contributed by atoms with Gasteiger partial charge in [-0.15, -0.1) is 0 Å². The van der Waals surface area contributed by atoms with E-state index in [2.05, 4.69) is 10.4 Å². The Hall–Kier alpha value is -2.62. The minimum atomic E-state index is -0.0415. The lowest BCUT2D eigenvalue weighted by atomic mass is 10.1. The van der Waals surface area contributed by atoms with Crippen LogP contribution in [-0.2, 0) is 11.3 Å². The van der Waals surface area contributed by atoms with E-state index in [0.717, 1.165) is 16.5 Å². The van der Waals surface area contributed by atoms with Crippen molar-refractivity contribution in [3.63, 3.8) is 0 Å². The van der Waals surface area contributed by atoms with Crippen molar-refractivity contribution in [3.8, 4) is 0 Å². The standard InChI is InChI=1S/C17H17N3O/c1-13(14-7-3-2-4-8-14)19-17(21)12-20-16-10-6-5-9-15(16)11-18-20/h2-11,13H,12H2,1H3,(H,19,21). The number of amides is 1. The second-order valence-electron chi connectivity index (χ2n) is 5.06. The molecule has 21 heavy (non-hydrogen) atoms. The summed E-state index contributed by atoms with van der Waals surface area (Å²) in [5, 5.41) is 8.31. The van der Waals surface area contributed by atoms with Gasteiger partial charge in [-0.2, -0.15) is 5.10 Å². The zero-order chi connectivity index (χ0) is 14.7. The van der Waals surface area contributed by atoms with E-state index in [0.29, 0.717) is 0 Å². The Morgan fingerprint density at radius 1 is 1.14 bits per heavy atom. The second kappa shape index (κ2) is 5.79. The molecule has 0 aliphatic heterocycles. The van der Waals surface area contributed by atoms with Gasteiger partial charge in [-0.1, -0.05) is 48.5 Å². The normalized spacial score (nSPS) is 12.2. The van der Waals surface area contributed by atoms with Gasteiger partial charge in [0.05, 0.1) is 17.8 Å². The average molecular weight is 279 g/mol. The van der Waals surface area contributed by atoms with Gasteiger partial charge in [-0.05, 0) is 18.6 Å². The largest absolute Gasteiger partial charge is 0.348 e. The van der Waals surface area contributed by atoms with E-state index >= 15 is 0 Å². The number of nitrogens with zero attached hydrogens (tertiary/aromatic N) is 2. The molecular formula is C17H17N3O. The number of benzene rings is 2. The van der Waals surface area contributed by atoms with E-state index in [1.807, 2.05) is 61.5 Å². The van der Waals surface area contributed by atoms with Gasteiger partial charge in [-0.25, -0.2) is 0 Å². The van der Waals surface area contributed by atoms with Crippen LogP contribution < -0.4 is 5.32 Å². The van der Waals surface area contributed by atoms with Gasteiger partial charge in [-0.3, -0.25) is 9.48 Å². The highest BCUT2D eigenvalue weighted by Gasteiger charge is 2.11. The van der Waals surface area contributed by atoms with E-state index in [-0.39, 0.29) is 18.5 Å². The molecule has 1 atom stereocenters. The Morgan fingerprint density at radius 3 is 2.67 bits per heavy atom. The molecule has 1 N–H and O–H groups in total. The average Bonchev–Trinajstić information content (AvgIpc) is 2.91. The molecule has 2 aromatic carbocycles. The van der Waals surface area contributed by atoms with Crippen LogP contribution in [0.4, 0.5) is 0 Å². The Labute approximate surface area is 123 Å². The topological polar surface area (TPSA) is 46.9 Å². The third kappa shape index (κ3) is 2.94. The Morgan fingerprint density at radius 2 is 1.86 bits per heavy atom. The van der Waals surface area contributed by atoms with Crippen LogP contribution in [0.1, 0.15) is 18.5 Å². The minimum Gasteiger partial charge on any atom is -0.348 e. The molecule has 1 heterocycles. The molecule has 3 aromatic rings. The number of para-hydroxylation sites is 1. The molecule has 0 bridgehead atoms. The molecular weight excluding hydrogens is 262 g/mol. The number of carbonyl (C=O) groups excluding carboxylic acids is 1. The van der Waals surface area contributed by atoms with Crippen molar-refractivity contribution in [1.82, 2.24) is 15.1 Å². The summed E-state index contributed by atoms with van der Waals surface area (Å²) in [4.78, 5) is 12.2. The van der Waals surface area contributed by atoms with Crippen LogP contribution >= 0.6 is 0 Å². The van der Waals surface area contributed by atoms with Crippen LogP contribution in [0.2, 0.25) is 0 Å². The summed E-state index contributed by atoms with van der Waals surface area (Å²) in [6, 6.07) is 17.8. The fourth-order valence-corrected chi connectivity index (χ4v) is 2.40. The molecule has 0 aliphatic carbocycles. The highest BCUT2D eigenvalue weighted by molar-refractivity contribution is 5.82. The summed E-state index contributed by atoms with van der Waals surface area (Å²) in [6.07, 6.45) is 1.78. The van der Waals surface area contributed by atoms with Crippen LogP contribution in [0.25, 0.3) is 10.9 Å². The zero-order valence-corrected chi connectivity index (χ0v) is 11.9.